The Bertz CT molecular complexity index is 1250. The molecule has 2 fully saturated rings. The van der Waals surface area contributed by atoms with E-state index in [1.807, 2.05) is 0 Å². The number of halogens is 1. The lowest BCUT2D eigenvalue weighted by molar-refractivity contribution is -0.870. The Morgan fingerprint density at radius 1 is 0.719 bits per heavy atom. The molecule has 6 unspecified atom stereocenters. The largest absolute Gasteiger partial charge is 0.465 e. The fraction of sp³-hybridized carbons (Fsp3) is 0.660. The van der Waals surface area contributed by atoms with Gasteiger partial charge in [-0.2, -0.15) is 0 Å². The number of ether oxygens (including phenoxy) is 2. The third kappa shape index (κ3) is 31.6. The number of unbranched alkanes of at least 4 members (excludes halogenated alkanes) is 1. The maximum absolute atomic E-state index is 11.9. The molecule has 5 aliphatic carbocycles. The van der Waals surface area contributed by atoms with Crippen molar-refractivity contribution in [2.24, 2.45) is 35.5 Å². The summed E-state index contributed by atoms with van der Waals surface area (Å²) in [7, 11) is 12.8. The molecule has 6 atom stereocenters. The lowest BCUT2D eigenvalue weighted by Crippen LogP contribution is -2.36. The molecule has 2 saturated carbocycles. The minimum atomic E-state index is -0.509. The maximum Gasteiger partial charge on any atom is 0.330 e. The van der Waals surface area contributed by atoms with Crippen molar-refractivity contribution in [3.05, 3.63) is 73.9 Å². The third-order valence-corrected chi connectivity index (χ3v) is 9.47. The van der Waals surface area contributed by atoms with E-state index >= 15 is 0 Å². The fourth-order valence-corrected chi connectivity index (χ4v) is 6.44. The van der Waals surface area contributed by atoms with Crippen LogP contribution in [0.1, 0.15) is 93.9 Å². The first-order chi connectivity index (χ1) is 25.4. The third-order valence-electron chi connectivity index (χ3n) is 9.31. The van der Waals surface area contributed by atoms with Crippen LogP contribution in [0, 0.1) is 35.5 Å². The topological polar surface area (TPSA) is 107 Å². The predicted molar refractivity (Wildman–Crippen MR) is 242 cm³/mol. The smallest absolute Gasteiger partial charge is 0.330 e. The van der Waals surface area contributed by atoms with Crippen LogP contribution in [0.3, 0.4) is 0 Å². The monoisotopic (exact) mass is 825 g/mol. The average Bonchev–Trinajstić information content (AvgIpc) is 3.98. The number of hydrogen-bond donors (Lipinski definition) is 1. The lowest BCUT2D eigenvalue weighted by atomic mass is 9.90. The number of esters is 2. The molecule has 0 heterocycles. The molecule has 0 aromatic heterocycles. The van der Waals surface area contributed by atoms with Crippen molar-refractivity contribution >= 4 is 34.6 Å². The molecule has 0 aromatic rings. The highest BCUT2D eigenvalue weighted by molar-refractivity contribution is 6.66. The predicted octanol–water partition coefficient (Wildman–Crippen LogP) is 9.57. The van der Waals surface area contributed by atoms with E-state index in [0.29, 0.717) is 49.3 Å². The highest BCUT2D eigenvalue weighted by atomic mass is 35.5. The van der Waals surface area contributed by atoms with Gasteiger partial charge in [-0.15, -0.1) is 0 Å². The van der Waals surface area contributed by atoms with Crippen molar-refractivity contribution in [2.75, 3.05) is 75.2 Å². The quantitative estimate of drug-likeness (QED) is 0.0465. The number of nitrogens with zero attached hydrogens (tertiary/aromatic N) is 2. The first kappa shape index (κ1) is 60.6. The minimum Gasteiger partial charge on any atom is -0.465 e. The molecule has 0 spiro atoms. The number of rotatable bonds is 14. The molecule has 0 aromatic carbocycles. The van der Waals surface area contributed by atoms with Gasteiger partial charge in [0.1, 0.15) is 5.78 Å². The van der Waals surface area contributed by atoms with E-state index in [-0.39, 0.29) is 40.1 Å². The van der Waals surface area contributed by atoms with Crippen LogP contribution < -0.4 is 0 Å². The highest BCUT2D eigenvalue weighted by Gasteiger charge is 2.40. The second-order valence-corrected chi connectivity index (χ2v) is 16.7. The Hall–Kier alpha value is -3.11. The van der Waals surface area contributed by atoms with Crippen molar-refractivity contribution in [2.45, 2.75) is 93.9 Å². The van der Waals surface area contributed by atoms with Crippen LogP contribution in [0.5, 0.6) is 0 Å². The molecule has 0 amide bonds. The van der Waals surface area contributed by atoms with E-state index in [0.717, 1.165) is 79.0 Å². The van der Waals surface area contributed by atoms with Crippen LogP contribution in [-0.4, -0.2) is 112 Å². The Kier molecular flexibility index (Phi) is 35.9. The lowest BCUT2D eigenvalue weighted by Gasteiger charge is -2.24. The summed E-state index contributed by atoms with van der Waals surface area (Å²) in [4.78, 5) is 43.0. The molecule has 330 valence electrons. The maximum atomic E-state index is 11.9. The summed E-state index contributed by atoms with van der Waals surface area (Å²) in [5.74, 6) is 3.04. The molecule has 4 bridgehead atoms. The summed E-state index contributed by atoms with van der Waals surface area (Å²) in [5, 5.41) is 7.56. The summed E-state index contributed by atoms with van der Waals surface area (Å²) in [6.45, 7) is 13.6. The Labute approximate surface area is 354 Å². The number of carbonyl (C=O) groups excluding carboxylic acids is 4. The second-order valence-electron chi connectivity index (χ2n) is 16.3. The summed E-state index contributed by atoms with van der Waals surface area (Å²) in [5.41, 5.74) is 0. The number of Topliss-reactive ketones (excluding diaryl/α,β-unsaturated/α-hetero) is 1. The molecule has 9 nitrogen and oxygen atoms in total. The SMILES string of the molecule is C.C.C.C1=CCC=C1.C=CC(=O)Cl.C=CC(=O)OCCC[N+](C)(C)C.CC(=O)C1CC2C=CC1C2.CCCCO.C[N+](C)(C)CCCOC(=O)C1CC2C=CC1C2. The van der Waals surface area contributed by atoms with Gasteiger partial charge >= 0.3 is 11.9 Å². The Morgan fingerprint density at radius 2 is 1.16 bits per heavy atom. The summed E-state index contributed by atoms with van der Waals surface area (Å²) in [6, 6.07) is 0. The molecule has 0 aliphatic heterocycles. The number of allylic oxidation sites excluding steroid dienone is 9. The standard InChI is InChI=1S/C14H24NO2.C9H18NO2.C9H12O.C5H6.C4H10O.C3H3ClO.3CH4/c1-15(2,3)7-4-8-17-14(16)13-10-11-5-6-12(13)9-11;1-5-9(11)12-8-6-7-10(2,3)4;1-6(10)9-5-7-2-3-8(9)4-7;1-2-4-5-3-1;1-2-3-4-5;1-2-3(4)5;;;/h5-6,11-13H,4,7-10H2,1-3H3;5H,1,6-8H2,2-4H3;2-3,7-9H,4-5H2,1H3;1-4H,5H2;5H,2-4H2,1H3;2H,1H2;3*1H4/q2*+1;;;;;;;. The average molecular weight is 826 g/mol. The zero-order valence-corrected chi connectivity index (χ0v) is 35.5. The van der Waals surface area contributed by atoms with Crippen LogP contribution in [0.4, 0.5) is 0 Å². The first-order valence-electron chi connectivity index (χ1n) is 19.6. The summed E-state index contributed by atoms with van der Waals surface area (Å²) < 4.78 is 12.0. The zero-order chi connectivity index (χ0) is 41.2. The molecule has 5 rings (SSSR count). The number of aliphatic hydroxyl groups is 1. The van der Waals surface area contributed by atoms with E-state index in [4.69, 9.17) is 26.2 Å². The van der Waals surface area contributed by atoms with E-state index in [2.05, 4.69) is 111 Å². The first-order valence-corrected chi connectivity index (χ1v) is 19.9. The highest BCUT2D eigenvalue weighted by Crippen LogP contribution is 2.44. The van der Waals surface area contributed by atoms with Crippen LogP contribution >= 0.6 is 11.6 Å². The Balaban J connectivity index is -0.000000312. The normalized spacial score (nSPS) is 21.9. The molecule has 5 aliphatic rings. The summed E-state index contributed by atoms with van der Waals surface area (Å²) in [6.07, 6.45) is 29.1. The number of carbonyl (C=O) groups is 4. The zero-order valence-electron chi connectivity index (χ0n) is 34.7. The number of fused-ring (bicyclic) bond motifs is 4. The van der Waals surface area contributed by atoms with E-state index in [1.165, 1.54) is 18.9 Å². The second kappa shape index (κ2) is 33.8. The molecule has 0 saturated heterocycles. The van der Waals surface area contributed by atoms with E-state index in [9.17, 15) is 19.2 Å². The van der Waals surface area contributed by atoms with Crippen LogP contribution in [0.15, 0.2) is 73.9 Å². The van der Waals surface area contributed by atoms with Crippen molar-refractivity contribution < 1.29 is 42.7 Å². The van der Waals surface area contributed by atoms with Crippen molar-refractivity contribution in [1.29, 1.82) is 0 Å². The van der Waals surface area contributed by atoms with Crippen LogP contribution in [-0.2, 0) is 28.7 Å². The van der Waals surface area contributed by atoms with Crippen molar-refractivity contribution in [3.8, 4) is 0 Å². The van der Waals surface area contributed by atoms with Gasteiger partial charge < -0.3 is 23.5 Å². The molecule has 57 heavy (non-hydrogen) atoms. The van der Waals surface area contributed by atoms with Gasteiger partial charge in [-0.05, 0) is 86.8 Å². The van der Waals surface area contributed by atoms with E-state index in [1.54, 1.807) is 6.92 Å². The minimum absolute atomic E-state index is 0. The van der Waals surface area contributed by atoms with Gasteiger partial charge in [0.25, 0.3) is 0 Å². The Morgan fingerprint density at radius 3 is 1.40 bits per heavy atom. The van der Waals surface area contributed by atoms with Gasteiger partial charge in [-0.1, -0.05) is 97.4 Å². The van der Waals surface area contributed by atoms with Gasteiger partial charge in [-0.3, -0.25) is 14.4 Å². The number of hydrogen-bond acceptors (Lipinski definition) is 7. The van der Waals surface area contributed by atoms with Gasteiger partial charge in [0.2, 0.25) is 5.24 Å². The number of quaternary nitrogens is 2. The number of ketones is 1. The van der Waals surface area contributed by atoms with Gasteiger partial charge in [0.05, 0.1) is 74.5 Å². The number of aliphatic hydroxyl groups excluding tert-OH is 1. The van der Waals surface area contributed by atoms with Gasteiger partial charge in [-0.25, -0.2) is 4.79 Å². The fourth-order valence-electron chi connectivity index (χ4n) is 6.44. The van der Waals surface area contributed by atoms with Crippen LogP contribution in [0.2, 0.25) is 0 Å². The molecular weight excluding hydrogens is 740 g/mol. The summed E-state index contributed by atoms with van der Waals surface area (Å²) >= 11 is 4.71. The van der Waals surface area contributed by atoms with Gasteiger partial charge in [0, 0.05) is 31.4 Å². The van der Waals surface area contributed by atoms with Crippen LogP contribution in [0.25, 0.3) is 0 Å². The van der Waals surface area contributed by atoms with Gasteiger partial charge in [0.15, 0.2) is 0 Å². The van der Waals surface area contributed by atoms with Crippen molar-refractivity contribution in [1.82, 2.24) is 0 Å². The molecular formula is C47H85ClN2O7+2. The van der Waals surface area contributed by atoms with E-state index < -0.39 is 5.24 Å². The molecule has 10 heteroatoms. The molecule has 0 radical (unpaired) electrons. The van der Waals surface area contributed by atoms with Crippen molar-refractivity contribution in [3.63, 3.8) is 0 Å². The molecule has 1 N–H and O–H groups in total.